The maximum Gasteiger partial charge on any atom is 0.0795 e. The molecule has 2 nitrogen and oxygen atoms in total. The van der Waals surface area contributed by atoms with Crippen LogP contribution in [-0.2, 0) is 6.54 Å². The third kappa shape index (κ3) is 3.28. The van der Waals surface area contributed by atoms with Gasteiger partial charge in [-0.15, -0.1) is 11.3 Å². The van der Waals surface area contributed by atoms with Crippen LogP contribution in [0.25, 0.3) is 0 Å². The molecular weight excluding hydrogens is 204 g/mol. The number of nitrogens with zero attached hydrogens (tertiary/aromatic N) is 1. The summed E-state index contributed by atoms with van der Waals surface area (Å²) in [5.74, 6) is 1.79. The molecule has 1 aromatic rings. The molecule has 1 fully saturated rings. The minimum absolute atomic E-state index is 0.886. The van der Waals surface area contributed by atoms with Crippen LogP contribution in [0.15, 0.2) is 10.9 Å². The lowest BCUT2D eigenvalue weighted by molar-refractivity contribution is 0.247. The first-order valence-electron chi connectivity index (χ1n) is 5.94. The Balaban J connectivity index is 1.68. The van der Waals surface area contributed by atoms with Crippen molar-refractivity contribution < 1.29 is 0 Å². The normalized spacial score (nSPS) is 26.7. The van der Waals surface area contributed by atoms with E-state index in [4.69, 9.17) is 0 Å². The Bertz CT molecular complexity index is 271. The van der Waals surface area contributed by atoms with Gasteiger partial charge < -0.3 is 5.32 Å². The first-order chi connectivity index (χ1) is 7.36. The SMILES string of the molecule is CC1CCCCC1CNCc1cscn1. The molecule has 0 radical (unpaired) electrons. The number of nitrogens with one attached hydrogen (secondary N) is 1. The Labute approximate surface area is 96.1 Å². The van der Waals surface area contributed by atoms with E-state index in [1.807, 2.05) is 5.51 Å². The Morgan fingerprint density at radius 1 is 1.47 bits per heavy atom. The number of thiazole rings is 1. The van der Waals surface area contributed by atoms with E-state index in [1.54, 1.807) is 11.3 Å². The molecule has 1 aromatic heterocycles. The molecule has 1 aliphatic carbocycles. The zero-order valence-corrected chi connectivity index (χ0v) is 10.2. The molecule has 3 heteroatoms. The highest BCUT2D eigenvalue weighted by molar-refractivity contribution is 7.07. The van der Waals surface area contributed by atoms with Gasteiger partial charge in [0.1, 0.15) is 0 Å². The first-order valence-corrected chi connectivity index (χ1v) is 6.88. The number of hydrogen-bond acceptors (Lipinski definition) is 3. The average Bonchev–Trinajstić information content (AvgIpc) is 2.74. The second-order valence-electron chi connectivity index (χ2n) is 4.63. The van der Waals surface area contributed by atoms with Crippen LogP contribution in [0, 0.1) is 11.8 Å². The highest BCUT2D eigenvalue weighted by Gasteiger charge is 2.20. The second-order valence-corrected chi connectivity index (χ2v) is 5.35. The summed E-state index contributed by atoms with van der Waals surface area (Å²) in [6, 6.07) is 0. The number of hydrogen-bond donors (Lipinski definition) is 1. The van der Waals surface area contributed by atoms with Gasteiger partial charge in [-0.05, 0) is 24.8 Å². The molecule has 2 rings (SSSR count). The highest BCUT2D eigenvalue weighted by Crippen LogP contribution is 2.28. The topological polar surface area (TPSA) is 24.9 Å². The Morgan fingerprint density at radius 2 is 2.33 bits per heavy atom. The van der Waals surface area contributed by atoms with Crippen LogP contribution in [-0.4, -0.2) is 11.5 Å². The minimum Gasteiger partial charge on any atom is -0.311 e. The van der Waals surface area contributed by atoms with Gasteiger partial charge in [-0.25, -0.2) is 4.98 Å². The van der Waals surface area contributed by atoms with Crippen LogP contribution in [0.4, 0.5) is 0 Å². The summed E-state index contributed by atoms with van der Waals surface area (Å²) >= 11 is 1.68. The summed E-state index contributed by atoms with van der Waals surface area (Å²) in [6.45, 7) is 4.50. The van der Waals surface area contributed by atoms with Crippen molar-refractivity contribution in [2.45, 2.75) is 39.2 Å². The predicted octanol–water partition coefficient (Wildman–Crippen LogP) is 3.06. The number of rotatable bonds is 4. The van der Waals surface area contributed by atoms with Gasteiger partial charge in [-0.3, -0.25) is 0 Å². The molecule has 1 aliphatic rings. The van der Waals surface area contributed by atoms with Crippen molar-refractivity contribution in [3.05, 3.63) is 16.6 Å². The Morgan fingerprint density at radius 3 is 3.07 bits per heavy atom. The summed E-state index contributed by atoms with van der Waals surface area (Å²) < 4.78 is 0. The van der Waals surface area contributed by atoms with Crippen molar-refractivity contribution in [3.63, 3.8) is 0 Å². The van der Waals surface area contributed by atoms with Gasteiger partial charge in [0.2, 0.25) is 0 Å². The molecule has 1 heterocycles. The molecule has 1 N–H and O–H groups in total. The summed E-state index contributed by atoms with van der Waals surface area (Å²) in [6.07, 6.45) is 5.69. The van der Waals surface area contributed by atoms with E-state index < -0.39 is 0 Å². The second kappa shape index (κ2) is 5.61. The van der Waals surface area contributed by atoms with Gasteiger partial charge in [-0.2, -0.15) is 0 Å². The van der Waals surface area contributed by atoms with E-state index in [0.717, 1.165) is 18.4 Å². The van der Waals surface area contributed by atoms with Crippen LogP contribution >= 0.6 is 11.3 Å². The summed E-state index contributed by atoms with van der Waals surface area (Å²) in [4.78, 5) is 4.27. The van der Waals surface area contributed by atoms with Gasteiger partial charge in [0.25, 0.3) is 0 Å². The van der Waals surface area contributed by atoms with E-state index in [9.17, 15) is 0 Å². The largest absolute Gasteiger partial charge is 0.311 e. The van der Waals surface area contributed by atoms with Crippen LogP contribution in [0.2, 0.25) is 0 Å². The predicted molar refractivity (Wildman–Crippen MR) is 64.9 cm³/mol. The molecule has 0 bridgehead atoms. The average molecular weight is 224 g/mol. The minimum atomic E-state index is 0.886. The van der Waals surface area contributed by atoms with Crippen LogP contribution in [0.5, 0.6) is 0 Å². The molecule has 84 valence electrons. The third-order valence-electron chi connectivity index (χ3n) is 3.49. The first kappa shape index (κ1) is 11.1. The van der Waals surface area contributed by atoms with Crippen molar-refractivity contribution in [2.24, 2.45) is 11.8 Å². The zero-order chi connectivity index (χ0) is 10.5. The van der Waals surface area contributed by atoms with Crippen LogP contribution < -0.4 is 5.32 Å². The summed E-state index contributed by atoms with van der Waals surface area (Å²) in [7, 11) is 0. The van der Waals surface area contributed by atoms with Gasteiger partial charge in [0.15, 0.2) is 0 Å². The maximum absolute atomic E-state index is 4.27. The van der Waals surface area contributed by atoms with E-state index >= 15 is 0 Å². The monoisotopic (exact) mass is 224 g/mol. The number of aromatic nitrogens is 1. The highest BCUT2D eigenvalue weighted by atomic mass is 32.1. The lowest BCUT2D eigenvalue weighted by atomic mass is 9.80. The molecule has 1 saturated carbocycles. The van der Waals surface area contributed by atoms with Gasteiger partial charge >= 0.3 is 0 Å². The van der Waals surface area contributed by atoms with Gasteiger partial charge in [-0.1, -0.05) is 26.2 Å². The fraction of sp³-hybridized carbons (Fsp3) is 0.750. The van der Waals surface area contributed by atoms with Crippen LogP contribution in [0.1, 0.15) is 38.3 Å². The van der Waals surface area contributed by atoms with Gasteiger partial charge in [0.05, 0.1) is 11.2 Å². The lowest BCUT2D eigenvalue weighted by Crippen LogP contribution is -2.29. The Hall–Kier alpha value is -0.410. The molecular formula is C12H20N2S. The van der Waals surface area contributed by atoms with E-state index in [0.29, 0.717) is 0 Å². The molecule has 0 aromatic carbocycles. The quantitative estimate of drug-likeness (QED) is 0.850. The van der Waals surface area contributed by atoms with Crippen LogP contribution in [0.3, 0.4) is 0 Å². The fourth-order valence-electron chi connectivity index (χ4n) is 2.41. The third-order valence-corrected chi connectivity index (χ3v) is 4.12. The van der Waals surface area contributed by atoms with E-state index in [1.165, 1.54) is 37.9 Å². The van der Waals surface area contributed by atoms with Crippen molar-refractivity contribution in [3.8, 4) is 0 Å². The van der Waals surface area contributed by atoms with E-state index in [-0.39, 0.29) is 0 Å². The van der Waals surface area contributed by atoms with E-state index in [2.05, 4.69) is 22.6 Å². The van der Waals surface area contributed by atoms with Crippen molar-refractivity contribution >= 4 is 11.3 Å². The molecule has 0 saturated heterocycles. The molecule has 15 heavy (non-hydrogen) atoms. The fourth-order valence-corrected chi connectivity index (χ4v) is 2.97. The van der Waals surface area contributed by atoms with Crippen molar-refractivity contribution in [2.75, 3.05) is 6.54 Å². The molecule has 2 unspecified atom stereocenters. The summed E-state index contributed by atoms with van der Waals surface area (Å²) in [5, 5.41) is 5.65. The van der Waals surface area contributed by atoms with Crippen molar-refractivity contribution in [1.29, 1.82) is 0 Å². The van der Waals surface area contributed by atoms with Crippen molar-refractivity contribution in [1.82, 2.24) is 10.3 Å². The standard InChI is InChI=1S/C12H20N2S/c1-10-4-2-3-5-11(10)6-13-7-12-8-15-9-14-12/h8-11,13H,2-7H2,1H3. The maximum atomic E-state index is 4.27. The molecule has 0 aliphatic heterocycles. The Kier molecular flexibility index (Phi) is 4.15. The summed E-state index contributed by atoms with van der Waals surface area (Å²) in [5.41, 5.74) is 3.09. The molecule has 0 amide bonds. The van der Waals surface area contributed by atoms with Gasteiger partial charge in [0, 0.05) is 11.9 Å². The molecule has 2 atom stereocenters. The smallest absolute Gasteiger partial charge is 0.0795 e. The molecule has 0 spiro atoms. The zero-order valence-electron chi connectivity index (χ0n) is 9.41. The lowest BCUT2D eigenvalue weighted by Gasteiger charge is -2.28.